The van der Waals surface area contributed by atoms with Crippen molar-refractivity contribution in [3.8, 4) is 10.8 Å². The van der Waals surface area contributed by atoms with Crippen molar-refractivity contribution in [2.24, 2.45) is 5.73 Å². The smallest absolute Gasteiger partial charge is 0.275 e. The lowest BCUT2D eigenvalue weighted by Gasteiger charge is -2.05. The summed E-state index contributed by atoms with van der Waals surface area (Å²) in [6.45, 7) is 1.84. The zero-order chi connectivity index (χ0) is 17.3. The fourth-order valence-corrected chi connectivity index (χ4v) is 3.06. The summed E-state index contributed by atoms with van der Waals surface area (Å²) in [6, 6.07) is 8.10. The molecule has 0 saturated carbocycles. The van der Waals surface area contributed by atoms with Crippen molar-refractivity contribution < 1.29 is 14.0 Å². The van der Waals surface area contributed by atoms with Crippen LogP contribution in [0.3, 0.4) is 0 Å². The third kappa shape index (κ3) is 3.32. The second-order valence-corrected chi connectivity index (χ2v) is 6.23. The van der Waals surface area contributed by atoms with Gasteiger partial charge in [-0.15, -0.1) is 11.3 Å². The number of thiazole rings is 1. The van der Waals surface area contributed by atoms with E-state index in [4.69, 9.17) is 21.8 Å². The van der Waals surface area contributed by atoms with E-state index >= 15 is 0 Å². The number of anilines is 1. The molecule has 3 N–H and O–H groups in total. The predicted molar refractivity (Wildman–Crippen MR) is 92.5 cm³/mol. The Kier molecular flexibility index (Phi) is 4.37. The molecule has 3 aromatic rings. The first-order valence-corrected chi connectivity index (χ1v) is 8.13. The Hall–Kier alpha value is -2.64. The highest BCUT2D eigenvalue weighted by Gasteiger charge is 2.15. The number of aryl methyl sites for hydroxylation is 1. The SMILES string of the molecule is Cc1ccc(-c2nc(C(=O)Nc3ccc(C(N)=O)c(Cl)c3)cs2)o1. The Labute approximate surface area is 146 Å². The number of aromatic nitrogens is 1. The van der Waals surface area contributed by atoms with Crippen molar-refractivity contribution in [1.29, 1.82) is 0 Å². The Morgan fingerprint density at radius 3 is 2.71 bits per heavy atom. The van der Waals surface area contributed by atoms with Crippen molar-refractivity contribution >= 4 is 40.4 Å². The Morgan fingerprint density at radius 2 is 2.08 bits per heavy atom. The standard InChI is InChI=1S/C16H12ClN3O3S/c1-8-2-5-13(23-8)16-20-12(7-24-16)15(22)19-9-3-4-10(14(18)21)11(17)6-9/h2-7H,1H3,(H2,18,21)(H,19,22). The van der Waals surface area contributed by atoms with Crippen LogP contribution >= 0.6 is 22.9 Å². The summed E-state index contributed by atoms with van der Waals surface area (Å²) in [5.74, 6) is 0.375. The van der Waals surface area contributed by atoms with Crippen molar-refractivity contribution in [1.82, 2.24) is 4.98 Å². The van der Waals surface area contributed by atoms with Gasteiger partial charge in [0.05, 0.1) is 10.6 Å². The van der Waals surface area contributed by atoms with Crippen LogP contribution in [0.4, 0.5) is 5.69 Å². The maximum Gasteiger partial charge on any atom is 0.275 e. The fourth-order valence-electron chi connectivity index (χ4n) is 2.03. The number of furan rings is 1. The summed E-state index contributed by atoms with van der Waals surface area (Å²) in [7, 11) is 0. The van der Waals surface area contributed by atoms with Gasteiger partial charge in [0, 0.05) is 11.1 Å². The average Bonchev–Trinajstić information content (AvgIpc) is 3.15. The van der Waals surface area contributed by atoms with Crippen LogP contribution in [0.5, 0.6) is 0 Å². The number of nitrogens with two attached hydrogens (primary N) is 1. The minimum absolute atomic E-state index is 0.172. The molecule has 2 heterocycles. The van der Waals surface area contributed by atoms with Gasteiger partial charge < -0.3 is 15.5 Å². The second kappa shape index (κ2) is 6.46. The molecule has 0 aliphatic rings. The van der Waals surface area contributed by atoms with Gasteiger partial charge in [0.15, 0.2) is 10.8 Å². The first-order chi connectivity index (χ1) is 11.4. The molecule has 0 spiro atoms. The molecule has 1 aromatic carbocycles. The predicted octanol–water partition coefficient (Wildman–Crippen LogP) is 3.72. The van der Waals surface area contributed by atoms with Crippen LogP contribution in [0, 0.1) is 6.92 Å². The van der Waals surface area contributed by atoms with Gasteiger partial charge >= 0.3 is 0 Å². The van der Waals surface area contributed by atoms with Gasteiger partial charge in [0.25, 0.3) is 5.91 Å². The van der Waals surface area contributed by atoms with Gasteiger partial charge in [-0.25, -0.2) is 4.98 Å². The first-order valence-electron chi connectivity index (χ1n) is 6.87. The van der Waals surface area contributed by atoms with Crippen LogP contribution in [0.25, 0.3) is 10.8 Å². The third-order valence-electron chi connectivity index (χ3n) is 3.18. The van der Waals surface area contributed by atoms with Crippen LogP contribution in [0.1, 0.15) is 26.6 Å². The van der Waals surface area contributed by atoms with E-state index in [1.165, 1.54) is 23.5 Å². The third-order valence-corrected chi connectivity index (χ3v) is 4.35. The summed E-state index contributed by atoms with van der Waals surface area (Å²) < 4.78 is 5.49. The molecular weight excluding hydrogens is 350 g/mol. The number of rotatable bonds is 4. The van der Waals surface area contributed by atoms with Crippen LogP contribution in [-0.2, 0) is 0 Å². The van der Waals surface area contributed by atoms with E-state index in [1.807, 2.05) is 13.0 Å². The number of primary amides is 1. The fraction of sp³-hybridized carbons (Fsp3) is 0.0625. The van der Waals surface area contributed by atoms with Gasteiger partial charge in [-0.05, 0) is 37.3 Å². The first kappa shape index (κ1) is 16.2. The monoisotopic (exact) mass is 361 g/mol. The van der Waals surface area contributed by atoms with Crippen LogP contribution < -0.4 is 11.1 Å². The molecule has 0 unspecified atom stereocenters. The van der Waals surface area contributed by atoms with Gasteiger partial charge in [-0.2, -0.15) is 0 Å². The number of amides is 2. The highest BCUT2D eigenvalue weighted by Crippen LogP contribution is 2.26. The number of benzene rings is 1. The van der Waals surface area contributed by atoms with E-state index in [0.717, 1.165) is 5.76 Å². The molecule has 0 radical (unpaired) electrons. The summed E-state index contributed by atoms with van der Waals surface area (Å²) >= 11 is 7.27. The van der Waals surface area contributed by atoms with Crippen LogP contribution in [-0.4, -0.2) is 16.8 Å². The lowest BCUT2D eigenvalue weighted by molar-refractivity contribution is 0.0998. The van der Waals surface area contributed by atoms with E-state index < -0.39 is 5.91 Å². The highest BCUT2D eigenvalue weighted by molar-refractivity contribution is 7.13. The van der Waals surface area contributed by atoms with Crippen LogP contribution in [0.15, 0.2) is 40.1 Å². The van der Waals surface area contributed by atoms with Crippen molar-refractivity contribution in [3.63, 3.8) is 0 Å². The molecule has 0 saturated heterocycles. The topological polar surface area (TPSA) is 98.2 Å². The molecule has 8 heteroatoms. The molecule has 2 amide bonds. The summed E-state index contributed by atoms with van der Waals surface area (Å²) in [6.07, 6.45) is 0. The minimum Gasteiger partial charge on any atom is -0.459 e. The van der Waals surface area contributed by atoms with Gasteiger partial charge in [0.2, 0.25) is 5.91 Å². The molecule has 0 fully saturated rings. The number of hydrogen-bond acceptors (Lipinski definition) is 5. The van der Waals surface area contributed by atoms with Crippen molar-refractivity contribution in [2.45, 2.75) is 6.92 Å². The molecular formula is C16H12ClN3O3S. The normalized spacial score (nSPS) is 10.6. The van der Waals surface area contributed by atoms with E-state index in [1.54, 1.807) is 17.5 Å². The zero-order valence-corrected chi connectivity index (χ0v) is 14.1. The minimum atomic E-state index is -0.629. The number of hydrogen-bond donors (Lipinski definition) is 2. The molecule has 2 aromatic heterocycles. The van der Waals surface area contributed by atoms with E-state index in [9.17, 15) is 9.59 Å². The Balaban J connectivity index is 1.77. The van der Waals surface area contributed by atoms with E-state index in [2.05, 4.69) is 10.3 Å². The van der Waals surface area contributed by atoms with E-state index in [0.29, 0.717) is 16.5 Å². The van der Waals surface area contributed by atoms with Crippen molar-refractivity contribution in [3.05, 3.63) is 57.8 Å². The lowest BCUT2D eigenvalue weighted by Crippen LogP contribution is -2.14. The Bertz CT molecular complexity index is 932. The number of carbonyl (C=O) groups is 2. The highest BCUT2D eigenvalue weighted by atomic mass is 35.5. The van der Waals surface area contributed by atoms with Crippen LogP contribution in [0.2, 0.25) is 5.02 Å². The summed E-state index contributed by atoms with van der Waals surface area (Å²) in [4.78, 5) is 27.7. The Morgan fingerprint density at radius 1 is 1.29 bits per heavy atom. The second-order valence-electron chi connectivity index (χ2n) is 4.96. The molecule has 0 aliphatic carbocycles. The molecule has 122 valence electrons. The van der Waals surface area contributed by atoms with Crippen molar-refractivity contribution in [2.75, 3.05) is 5.32 Å². The summed E-state index contributed by atoms with van der Waals surface area (Å²) in [5.41, 5.74) is 6.09. The number of halogens is 1. The lowest BCUT2D eigenvalue weighted by atomic mass is 10.2. The number of nitrogens with zero attached hydrogens (tertiary/aromatic N) is 1. The van der Waals surface area contributed by atoms with Gasteiger partial charge in [-0.1, -0.05) is 11.6 Å². The molecule has 6 nitrogen and oxygen atoms in total. The van der Waals surface area contributed by atoms with Gasteiger partial charge in [-0.3, -0.25) is 9.59 Å². The van der Waals surface area contributed by atoms with Gasteiger partial charge in [0.1, 0.15) is 11.5 Å². The molecule has 0 aliphatic heterocycles. The maximum absolute atomic E-state index is 12.3. The molecule has 24 heavy (non-hydrogen) atoms. The number of nitrogens with one attached hydrogen (secondary N) is 1. The average molecular weight is 362 g/mol. The quantitative estimate of drug-likeness (QED) is 0.739. The molecule has 0 bridgehead atoms. The molecule has 3 rings (SSSR count). The maximum atomic E-state index is 12.3. The summed E-state index contributed by atoms with van der Waals surface area (Å²) in [5, 5.41) is 5.11. The largest absolute Gasteiger partial charge is 0.459 e. The molecule has 0 atom stereocenters. The van der Waals surface area contributed by atoms with E-state index in [-0.39, 0.29) is 22.2 Å². The number of carbonyl (C=O) groups excluding carboxylic acids is 2. The zero-order valence-electron chi connectivity index (χ0n) is 12.5.